The molecule has 1 unspecified atom stereocenters. The Morgan fingerprint density at radius 3 is 2.97 bits per heavy atom. The van der Waals surface area contributed by atoms with E-state index in [9.17, 15) is 9.90 Å². The maximum absolute atomic E-state index is 12.6. The number of nitrogens with zero attached hydrogens (tertiary/aromatic N) is 3. The average Bonchev–Trinajstić information content (AvgIpc) is 3.38. The van der Waals surface area contributed by atoms with Crippen molar-refractivity contribution < 1.29 is 28.5 Å². The van der Waals surface area contributed by atoms with E-state index in [1.807, 2.05) is 6.07 Å². The Balaban J connectivity index is 1.75. The highest BCUT2D eigenvalue weighted by Crippen LogP contribution is 2.41. The van der Waals surface area contributed by atoms with E-state index < -0.39 is 18.0 Å². The highest BCUT2D eigenvalue weighted by Gasteiger charge is 2.39. The van der Waals surface area contributed by atoms with Crippen molar-refractivity contribution in [3.8, 4) is 5.75 Å². The number of carbonyl (C=O) groups is 1. The van der Waals surface area contributed by atoms with Crippen molar-refractivity contribution in [2.75, 3.05) is 25.2 Å². The maximum atomic E-state index is 12.6. The number of carbonyl (C=O) groups excluding carboxylic acids is 1. The van der Waals surface area contributed by atoms with Crippen LogP contribution >= 0.6 is 0 Å². The van der Waals surface area contributed by atoms with Gasteiger partial charge >= 0.3 is 5.97 Å². The number of likely N-dealkylation sites (N-methyl/N-ethyl adjacent to an activating group) is 1. The second-order valence-corrected chi connectivity index (χ2v) is 7.34. The molecule has 1 fully saturated rings. The van der Waals surface area contributed by atoms with Crippen LogP contribution < -0.4 is 4.90 Å². The third-order valence-corrected chi connectivity index (χ3v) is 4.83. The SMILES string of the molecule is CCOC(=O)c1c(N(C)C2COC(C)(C)O2)oc(C=C2C=Nc3ncccc32)c1O. The maximum Gasteiger partial charge on any atom is 0.347 e. The van der Waals surface area contributed by atoms with E-state index in [-0.39, 0.29) is 36.2 Å². The van der Waals surface area contributed by atoms with Crippen LogP contribution in [0, 0.1) is 0 Å². The van der Waals surface area contributed by atoms with Crippen molar-refractivity contribution in [3.05, 3.63) is 35.2 Å². The highest BCUT2D eigenvalue weighted by molar-refractivity contribution is 6.21. The van der Waals surface area contributed by atoms with Crippen molar-refractivity contribution in [3.63, 3.8) is 0 Å². The Kier molecular flexibility index (Phi) is 5.08. The van der Waals surface area contributed by atoms with Crippen LogP contribution in [-0.4, -0.2) is 54.6 Å². The number of aromatic hydroxyl groups is 1. The minimum absolute atomic E-state index is 0.0687. The molecule has 158 valence electrons. The number of aromatic nitrogens is 1. The standard InChI is InChI=1S/C21H23N3O6/c1-5-27-20(26)16-17(25)14(9-12-10-23-18-13(12)7-6-8-22-18)29-19(16)24(4)15-11-28-21(2,3)30-15/h6-10,15,25H,5,11H2,1-4H3. The number of anilines is 1. The number of ether oxygens (including phenoxy) is 3. The molecule has 30 heavy (non-hydrogen) atoms. The van der Waals surface area contributed by atoms with E-state index in [0.717, 1.165) is 5.56 Å². The van der Waals surface area contributed by atoms with Crippen molar-refractivity contribution in [2.24, 2.45) is 4.99 Å². The second-order valence-electron chi connectivity index (χ2n) is 7.34. The normalized spacial score (nSPS) is 20.5. The summed E-state index contributed by atoms with van der Waals surface area (Å²) in [5, 5.41) is 10.8. The summed E-state index contributed by atoms with van der Waals surface area (Å²) in [6.45, 7) is 5.72. The van der Waals surface area contributed by atoms with Gasteiger partial charge in [-0.2, -0.15) is 0 Å². The van der Waals surface area contributed by atoms with Gasteiger partial charge < -0.3 is 28.6 Å². The molecule has 4 heterocycles. The number of furan rings is 1. The summed E-state index contributed by atoms with van der Waals surface area (Å²) >= 11 is 0. The Labute approximate surface area is 173 Å². The van der Waals surface area contributed by atoms with Crippen molar-refractivity contribution >= 4 is 35.5 Å². The number of aliphatic imine (C=N–C) groups is 1. The zero-order valence-corrected chi connectivity index (χ0v) is 17.2. The number of esters is 1. The molecule has 2 aliphatic heterocycles. The molecular weight excluding hydrogens is 390 g/mol. The van der Waals surface area contributed by atoms with Crippen molar-refractivity contribution in [2.45, 2.75) is 32.8 Å². The van der Waals surface area contributed by atoms with Gasteiger partial charge in [0, 0.05) is 30.6 Å². The topological polar surface area (TPSA) is 107 Å². The zero-order chi connectivity index (χ0) is 21.5. The lowest BCUT2D eigenvalue weighted by atomic mass is 10.1. The molecule has 0 spiro atoms. The Bertz CT molecular complexity index is 1040. The minimum atomic E-state index is -0.764. The summed E-state index contributed by atoms with van der Waals surface area (Å²) in [6.07, 6.45) is 4.39. The fraction of sp³-hybridized carbons (Fsp3) is 0.381. The lowest BCUT2D eigenvalue weighted by Crippen LogP contribution is -2.35. The van der Waals surface area contributed by atoms with Crippen molar-refractivity contribution in [1.82, 2.24) is 4.98 Å². The fourth-order valence-corrected chi connectivity index (χ4v) is 3.33. The van der Waals surface area contributed by atoms with Gasteiger partial charge in [0.25, 0.3) is 0 Å². The molecule has 2 aromatic heterocycles. The van der Waals surface area contributed by atoms with Gasteiger partial charge in [-0.15, -0.1) is 0 Å². The quantitative estimate of drug-likeness (QED) is 0.744. The lowest BCUT2D eigenvalue weighted by Gasteiger charge is -2.24. The fourth-order valence-electron chi connectivity index (χ4n) is 3.33. The third kappa shape index (κ3) is 3.57. The zero-order valence-electron chi connectivity index (χ0n) is 17.2. The molecule has 2 aliphatic rings. The molecule has 1 N–H and O–H groups in total. The van der Waals surface area contributed by atoms with E-state index in [4.69, 9.17) is 18.6 Å². The van der Waals surface area contributed by atoms with Gasteiger partial charge in [-0.25, -0.2) is 14.8 Å². The van der Waals surface area contributed by atoms with Crippen LogP contribution in [0.5, 0.6) is 5.75 Å². The van der Waals surface area contributed by atoms with Crippen LogP contribution in [0.25, 0.3) is 11.6 Å². The summed E-state index contributed by atoms with van der Waals surface area (Å²) in [6, 6.07) is 3.66. The van der Waals surface area contributed by atoms with Crippen LogP contribution in [-0.2, 0) is 14.2 Å². The van der Waals surface area contributed by atoms with Gasteiger partial charge in [0.05, 0.1) is 13.2 Å². The smallest absolute Gasteiger partial charge is 0.347 e. The first kappa shape index (κ1) is 20.1. The Hall–Kier alpha value is -3.17. The van der Waals surface area contributed by atoms with Gasteiger partial charge in [0.1, 0.15) is 0 Å². The van der Waals surface area contributed by atoms with E-state index >= 15 is 0 Å². The number of allylic oxidation sites excluding steroid dienone is 1. The summed E-state index contributed by atoms with van der Waals surface area (Å²) in [7, 11) is 1.70. The van der Waals surface area contributed by atoms with E-state index in [0.29, 0.717) is 11.4 Å². The monoisotopic (exact) mass is 413 g/mol. The first-order valence-electron chi connectivity index (χ1n) is 9.59. The predicted molar refractivity (Wildman–Crippen MR) is 110 cm³/mol. The highest BCUT2D eigenvalue weighted by atomic mass is 16.8. The third-order valence-electron chi connectivity index (χ3n) is 4.83. The second kappa shape index (κ2) is 7.58. The minimum Gasteiger partial charge on any atom is -0.504 e. The lowest BCUT2D eigenvalue weighted by molar-refractivity contribution is -0.138. The molecule has 0 bridgehead atoms. The molecule has 0 amide bonds. The van der Waals surface area contributed by atoms with E-state index in [1.165, 1.54) is 0 Å². The average molecular weight is 413 g/mol. The number of pyridine rings is 1. The molecule has 0 saturated carbocycles. The first-order valence-corrected chi connectivity index (χ1v) is 9.59. The van der Waals surface area contributed by atoms with Crippen LogP contribution in [0.3, 0.4) is 0 Å². The molecule has 9 heteroatoms. The van der Waals surface area contributed by atoms with Crippen LogP contribution in [0.4, 0.5) is 11.7 Å². The largest absolute Gasteiger partial charge is 0.504 e. The van der Waals surface area contributed by atoms with Crippen LogP contribution in [0.1, 0.15) is 42.5 Å². The van der Waals surface area contributed by atoms with Gasteiger partial charge in [-0.1, -0.05) is 0 Å². The Morgan fingerprint density at radius 1 is 1.47 bits per heavy atom. The predicted octanol–water partition coefficient (Wildman–Crippen LogP) is 3.36. The number of rotatable bonds is 5. The molecule has 0 aromatic carbocycles. The molecule has 0 radical (unpaired) electrons. The summed E-state index contributed by atoms with van der Waals surface area (Å²) < 4.78 is 22.5. The first-order chi connectivity index (χ1) is 14.3. The molecule has 1 atom stereocenters. The molecule has 9 nitrogen and oxygen atoms in total. The molecular formula is C21H23N3O6. The number of hydrogen-bond acceptors (Lipinski definition) is 9. The van der Waals surface area contributed by atoms with E-state index in [1.54, 1.807) is 57.3 Å². The summed E-state index contributed by atoms with van der Waals surface area (Å²) in [5.41, 5.74) is 1.43. The number of fused-ring (bicyclic) bond motifs is 1. The summed E-state index contributed by atoms with van der Waals surface area (Å²) in [5.74, 6) is -0.949. The Morgan fingerprint density at radius 2 is 2.27 bits per heavy atom. The summed E-state index contributed by atoms with van der Waals surface area (Å²) in [4.78, 5) is 22.6. The van der Waals surface area contributed by atoms with E-state index in [2.05, 4.69) is 9.98 Å². The van der Waals surface area contributed by atoms with Gasteiger partial charge in [-0.3, -0.25) is 0 Å². The number of hydrogen-bond donors (Lipinski definition) is 1. The van der Waals surface area contributed by atoms with Gasteiger partial charge in [-0.05, 0) is 39.0 Å². The van der Waals surface area contributed by atoms with Gasteiger partial charge in [0.15, 0.2) is 34.9 Å². The van der Waals surface area contributed by atoms with Gasteiger partial charge in [0.2, 0.25) is 5.88 Å². The molecule has 1 saturated heterocycles. The molecule has 2 aromatic rings. The van der Waals surface area contributed by atoms with Crippen LogP contribution in [0.2, 0.25) is 0 Å². The molecule has 4 rings (SSSR count). The van der Waals surface area contributed by atoms with Crippen LogP contribution in [0.15, 0.2) is 27.7 Å². The molecule has 0 aliphatic carbocycles. The van der Waals surface area contributed by atoms with Crippen molar-refractivity contribution in [1.29, 1.82) is 0 Å².